The quantitative estimate of drug-likeness (QED) is 0.595. The molecule has 6 heteroatoms. The molecule has 17 heavy (non-hydrogen) atoms. The van der Waals surface area contributed by atoms with Crippen LogP contribution in [0.3, 0.4) is 0 Å². The summed E-state index contributed by atoms with van der Waals surface area (Å²) in [5, 5.41) is 2.58. The molecule has 0 aliphatic carbocycles. The van der Waals surface area contributed by atoms with Gasteiger partial charge in [0, 0.05) is 16.0 Å². The van der Waals surface area contributed by atoms with Gasteiger partial charge in [-0.05, 0) is 19.4 Å². The lowest BCUT2D eigenvalue weighted by Crippen LogP contribution is -2.16. The lowest BCUT2D eigenvalue weighted by Gasteiger charge is -2.11. The molecule has 0 saturated heterocycles. The largest absolute Gasteiger partial charge is 0.307 e. The van der Waals surface area contributed by atoms with E-state index in [0.29, 0.717) is 6.04 Å². The summed E-state index contributed by atoms with van der Waals surface area (Å²) in [7, 11) is 0. The van der Waals surface area contributed by atoms with Crippen LogP contribution in [-0.2, 0) is 0 Å². The minimum absolute atomic E-state index is 0.0733. The summed E-state index contributed by atoms with van der Waals surface area (Å²) in [5.41, 5.74) is 1.01. The van der Waals surface area contributed by atoms with Crippen LogP contribution in [0.2, 0.25) is 0 Å². The van der Waals surface area contributed by atoms with Gasteiger partial charge in [-0.25, -0.2) is 0 Å². The summed E-state index contributed by atoms with van der Waals surface area (Å²) in [5.74, 6) is 0.993. The van der Waals surface area contributed by atoms with Crippen LogP contribution < -0.4 is 5.56 Å². The number of rotatable bonds is 1. The van der Waals surface area contributed by atoms with Crippen molar-refractivity contribution in [3.05, 3.63) is 20.8 Å². The first-order valence-electron chi connectivity index (χ1n) is 5.34. The first kappa shape index (κ1) is 11.7. The van der Waals surface area contributed by atoms with Crippen LogP contribution >= 0.6 is 39.0 Å². The Morgan fingerprint density at radius 2 is 2.29 bits per heavy atom. The molecule has 0 aromatic carbocycles. The zero-order valence-electron chi connectivity index (χ0n) is 9.49. The van der Waals surface area contributed by atoms with E-state index < -0.39 is 0 Å². The molecule has 0 bridgehead atoms. The van der Waals surface area contributed by atoms with Crippen LogP contribution in [0.25, 0.3) is 10.2 Å². The van der Waals surface area contributed by atoms with Gasteiger partial charge in [0.05, 0.1) is 11.4 Å². The molecule has 90 valence electrons. The third-order valence-corrected chi connectivity index (χ3v) is 6.20. The fourth-order valence-electron chi connectivity index (χ4n) is 2.10. The smallest absolute Gasteiger partial charge is 0.282 e. The normalized spacial score (nSPS) is 18.9. The molecule has 0 saturated carbocycles. The second-order valence-electron chi connectivity index (χ2n) is 4.15. The maximum atomic E-state index is 12.0. The van der Waals surface area contributed by atoms with Crippen molar-refractivity contribution in [2.75, 3.05) is 11.1 Å². The molecule has 1 aliphatic rings. The molecule has 2 aromatic rings. The highest BCUT2D eigenvalue weighted by Crippen LogP contribution is 2.38. The average Bonchev–Trinajstić information content (AvgIpc) is 2.82. The summed E-state index contributed by atoms with van der Waals surface area (Å²) in [4.78, 5) is 18.5. The molecule has 0 fully saturated rings. The van der Waals surface area contributed by atoms with Gasteiger partial charge in [0.1, 0.15) is 4.83 Å². The fraction of sp³-hybridized carbons (Fsp3) is 0.455. The highest BCUT2D eigenvalue weighted by Gasteiger charge is 2.27. The van der Waals surface area contributed by atoms with Crippen molar-refractivity contribution in [2.24, 2.45) is 0 Å². The number of hydrogen-bond donors (Lipinski definition) is 0. The number of fused-ring (bicyclic) bond motifs is 3. The van der Waals surface area contributed by atoms with Crippen LogP contribution in [0.5, 0.6) is 0 Å². The summed E-state index contributed by atoms with van der Waals surface area (Å²) < 4.78 is 2.22. The van der Waals surface area contributed by atoms with Crippen LogP contribution in [0.1, 0.15) is 16.5 Å². The number of nitrogens with zero attached hydrogens (tertiary/aromatic N) is 2. The fourth-order valence-corrected chi connectivity index (χ4v) is 5.33. The Kier molecular flexibility index (Phi) is 2.83. The minimum atomic E-state index is -0.0733. The Hall–Kier alpha value is -0.330. The number of hydrogen-bond acceptors (Lipinski definition) is 4. The van der Waals surface area contributed by atoms with E-state index in [2.05, 4.69) is 32.4 Å². The number of thioether (sulfide) groups is 1. The van der Waals surface area contributed by atoms with Crippen LogP contribution in [-0.4, -0.2) is 20.6 Å². The summed E-state index contributed by atoms with van der Waals surface area (Å²) in [6.07, 6.45) is 0. The standard InChI is InChI=1S/C11H11BrN2OS2/c1-5-6(2)17-10-8(5)9(15)13-11-14(10)7(3-12)4-16-11/h7H,3-4H2,1-2H3. The Balaban J connectivity index is 2.45. The van der Waals surface area contributed by atoms with Crippen molar-refractivity contribution in [2.45, 2.75) is 25.0 Å². The van der Waals surface area contributed by atoms with E-state index in [1.165, 1.54) is 4.88 Å². The predicted octanol–water partition coefficient (Wildman–Crippen LogP) is 3.12. The van der Waals surface area contributed by atoms with Gasteiger partial charge in [-0.3, -0.25) is 4.79 Å². The SMILES string of the molecule is Cc1sc2c(c1C)c(=O)nc1n2C(CBr)CS1. The van der Waals surface area contributed by atoms with Gasteiger partial charge in [-0.2, -0.15) is 4.98 Å². The van der Waals surface area contributed by atoms with E-state index in [4.69, 9.17) is 0 Å². The van der Waals surface area contributed by atoms with E-state index in [1.54, 1.807) is 23.1 Å². The molecule has 3 heterocycles. The van der Waals surface area contributed by atoms with E-state index in [9.17, 15) is 4.79 Å². The zero-order chi connectivity index (χ0) is 12.2. The molecule has 0 spiro atoms. The summed E-state index contributed by atoms with van der Waals surface area (Å²) >= 11 is 6.92. The van der Waals surface area contributed by atoms with E-state index in [-0.39, 0.29) is 5.56 Å². The molecule has 1 aliphatic heterocycles. The lowest BCUT2D eigenvalue weighted by atomic mass is 10.2. The highest BCUT2D eigenvalue weighted by atomic mass is 79.9. The van der Waals surface area contributed by atoms with E-state index in [1.807, 2.05) is 6.92 Å². The van der Waals surface area contributed by atoms with Gasteiger partial charge in [-0.15, -0.1) is 11.3 Å². The van der Waals surface area contributed by atoms with Crippen molar-refractivity contribution >= 4 is 49.2 Å². The predicted molar refractivity (Wildman–Crippen MR) is 76.9 cm³/mol. The third-order valence-electron chi connectivity index (χ3n) is 3.15. The maximum Gasteiger partial charge on any atom is 0.282 e. The number of aryl methyl sites for hydroxylation is 2. The molecule has 3 rings (SSSR count). The Labute approximate surface area is 115 Å². The first-order chi connectivity index (χ1) is 8.13. The monoisotopic (exact) mass is 330 g/mol. The molecule has 3 nitrogen and oxygen atoms in total. The average molecular weight is 331 g/mol. The summed E-state index contributed by atoms with van der Waals surface area (Å²) in [6.45, 7) is 4.08. The molecule has 0 N–H and O–H groups in total. The van der Waals surface area contributed by atoms with E-state index in [0.717, 1.165) is 32.0 Å². The zero-order valence-corrected chi connectivity index (χ0v) is 12.7. The Bertz CT molecular complexity index is 662. The summed E-state index contributed by atoms with van der Waals surface area (Å²) in [6, 6.07) is 0.406. The van der Waals surface area contributed by atoms with Crippen molar-refractivity contribution in [3.8, 4) is 0 Å². The maximum absolute atomic E-state index is 12.0. The molecule has 2 aromatic heterocycles. The topological polar surface area (TPSA) is 34.9 Å². The molecule has 1 atom stereocenters. The second kappa shape index (κ2) is 4.10. The Morgan fingerprint density at radius 1 is 1.53 bits per heavy atom. The lowest BCUT2D eigenvalue weighted by molar-refractivity contribution is 0.598. The van der Waals surface area contributed by atoms with Crippen molar-refractivity contribution < 1.29 is 0 Å². The van der Waals surface area contributed by atoms with Crippen LogP contribution in [0.15, 0.2) is 9.95 Å². The van der Waals surface area contributed by atoms with Crippen LogP contribution in [0.4, 0.5) is 0 Å². The van der Waals surface area contributed by atoms with Crippen LogP contribution in [0, 0.1) is 13.8 Å². The molecular formula is C11H11BrN2OS2. The van der Waals surface area contributed by atoms with Crippen molar-refractivity contribution in [3.63, 3.8) is 0 Å². The van der Waals surface area contributed by atoms with Gasteiger partial charge >= 0.3 is 0 Å². The van der Waals surface area contributed by atoms with Gasteiger partial charge in [0.2, 0.25) is 0 Å². The number of halogens is 1. The van der Waals surface area contributed by atoms with E-state index >= 15 is 0 Å². The number of aromatic nitrogens is 2. The highest BCUT2D eigenvalue weighted by molar-refractivity contribution is 9.09. The first-order valence-corrected chi connectivity index (χ1v) is 8.27. The molecular weight excluding hydrogens is 320 g/mol. The van der Waals surface area contributed by atoms with Gasteiger partial charge in [-0.1, -0.05) is 27.7 Å². The second-order valence-corrected chi connectivity index (χ2v) is 6.99. The molecule has 0 radical (unpaired) electrons. The molecule has 1 unspecified atom stereocenters. The Morgan fingerprint density at radius 3 is 3.00 bits per heavy atom. The van der Waals surface area contributed by atoms with Crippen molar-refractivity contribution in [1.82, 2.24) is 9.55 Å². The van der Waals surface area contributed by atoms with Gasteiger partial charge in [0.25, 0.3) is 5.56 Å². The number of thiophene rings is 1. The third kappa shape index (κ3) is 1.61. The number of alkyl halides is 1. The van der Waals surface area contributed by atoms with Crippen molar-refractivity contribution in [1.29, 1.82) is 0 Å². The van der Waals surface area contributed by atoms with Gasteiger partial charge in [0.15, 0.2) is 5.16 Å². The molecule has 0 amide bonds. The van der Waals surface area contributed by atoms with Gasteiger partial charge < -0.3 is 4.57 Å². The minimum Gasteiger partial charge on any atom is -0.307 e.